The van der Waals surface area contributed by atoms with Gasteiger partial charge in [-0.1, -0.05) is 34.6 Å². The lowest BCUT2D eigenvalue weighted by atomic mass is 9.41. The summed E-state index contributed by atoms with van der Waals surface area (Å²) in [7, 11) is 1.77. The van der Waals surface area contributed by atoms with Crippen LogP contribution in [-0.4, -0.2) is 104 Å². The van der Waals surface area contributed by atoms with E-state index < -0.39 is 17.8 Å². The number of hydrogen-bond acceptors (Lipinski definition) is 8. The molecule has 7 rings (SSSR count). The first kappa shape index (κ1) is 35.1. The Morgan fingerprint density at radius 2 is 1.74 bits per heavy atom. The van der Waals surface area contributed by atoms with Crippen molar-refractivity contribution in [3.63, 3.8) is 0 Å². The van der Waals surface area contributed by atoms with Crippen molar-refractivity contribution in [1.29, 1.82) is 0 Å². The van der Waals surface area contributed by atoms with Crippen LogP contribution in [0.15, 0.2) is 0 Å². The van der Waals surface area contributed by atoms with Crippen LogP contribution >= 0.6 is 0 Å². The molecule has 0 bridgehead atoms. The number of morpholine rings is 1. The van der Waals surface area contributed by atoms with E-state index >= 15 is 0 Å². The second kappa shape index (κ2) is 11.9. The lowest BCUT2D eigenvalue weighted by Crippen LogP contribution is -2.60. The fourth-order valence-electron chi connectivity index (χ4n) is 14.1. The molecule has 2 heterocycles. The summed E-state index contributed by atoms with van der Waals surface area (Å²) in [5.74, 6) is 1.83. The molecule has 2 spiro atoms. The van der Waals surface area contributed by atoms with Gasteiger partial charge in [0, 0.05) is 38.8 Å². The molecule has 0 unspecified atom stereocenters. The van der Waals surface area contributed by atoms with E-state index in [-0.39, 0.29) is 40.8 Å². The summed E-state index contributed by atoms with van der Waals surface area (Å²) >= 11 is 0. The molecule has 0 aromatic carbocycles. The van der Waals surface area contributed by atoms with E-state index in [2.05, 4.69) is 39.5 Å². The average molecular weight is 662 g/mol. The first-order valence-corrected chi connectivity index (χ1v) is 19.3. The molecule has 0 radical (unpaired) electrons. The van der Waals surface area contributed by atoms with E-state index in [0.717, 1.165) is 39.1 Å². The second-order valence-corrected chi connectivity index (χ2v) is 18.8. The van der Waals surface area contributed by atoms with E-state index in [1.165, 1.54) is 38.5 Å². The average Bonchev–Trinajstić information content (AvgIpc) is 3.64. The molecule has 0 aromatic rings. The summed E-state index contributed by atoms with van der Waals surface area (Å²) in [6.07, 6.45) is 8.00. The van der Waals surface area contributed by atoms with Crippen molar-refractivity contribution in [2.75, 3.05) is 46.6 Å². The van der Waals surface area contributed by atoms with Gasteiger partial charge in [0.25, 0.3) is 0 Å². The monoisotopic (exact) mass is 661 g/mol. The molecule has 2 saturated heterocycles. The minimum atomic E-state index is -1.01. The van der Waals surface area contributed by atoms with E-state index in [9.17, 15) is 10.2 Å². The largest absolute Gasteiger partial charge is 0.390 e. The number of hydrogen-bond donors (Lipinski definition) is 2. The van der Waals surface area contributed by atoms with Gasteiger partial charge in [-0.25, -0.2) is 0 Å². The van der Waals surface area contributed by atoms with Crippen molar-refractivity contribution in [2.45, 2.75) is 149 Å². The van der Waals surface area contributed by atoms with Crippen molar-refractivity contribution in [1.82, 2.24) is 4.90 Å². The van der Waals surface area contributed by atoms with Crippen molar-refractivity contribution in [3.8, 4) is 0 Å². The lowest BCUT2D eigenvalue weighted by Gasteiger charge is -2.64. The predicted octanol–water partition coefficient (Wildman–Crippen LogP) is 5.67. The third-order valence-electron chi connectivity index (χ3n) is 16.2. The molecular weight excluding hydrogens is 594 g/mol. The fourth-order valence-corrected chi connectivity index (χ4v) is 14.1. The number of methoxy groups -OCH3 is 1. The zero-order chi connectivity index (χ0) is 33.8. The second-order valence-electron chi connectivity index (χ2n) is 18.8. The van der Waals surface area contributed by atoms with Crippen molar-refractivity contribution >= 4 is 0 Å². The first-order chi connectivity index (χ1) is 22.1. The Kier molecular flexibility index (Phi) is 8.86. The Morgan fingerprint density at radius 3 is 2.45 bits per heavy atom. The zero-order valence-corrected chi connectivity index (χ0v) is 31.1. The van der Waals surface area contributed by atoms with Crippen LogP contribution < -0.4 is 0 Å². The highest BCUT2D eigenvalue weighted by Gasteiger charge is 2.84. The molecule has 5 saturated carbocycles. The number of fused-ring (bicyclic) bond motifs is 4. The Morgan fingerprint density at radius 1 is 1.02 bits per heavy atom. The Bertz CT molecular complexity index is 1160. The van der Waals surface area contributed by atoms with Crippen LogP contribution in [0, 0.1) is 50.7 Å². The molecule has 7 fully saturated rings. The maximum Gasteiger partial charge on any atom is 0.170 e. The topological polar surface area (TPSA) is 89.9 Å². The summed E-state index contributed by atoms with van der Waals surface area (Å²) in [4.78, 5) is 2.41. The smallest absolute Gasteiger partial charge is 0.170 e. The first-order valence-electron chi connectivity index (χ1n) is 19.3. The highest BCUT2D eigenvalue weighted by molar-refractivity contribution is 5.33. The number of aliphatic hydroxyl groups is 2. The summed E-state index contributed by atoms with van der Waals surface area (Å²) in [6.45, 7) is 22.6. The summed E-state index contributed by atoms with van der Waals surface area (Å²) in [5, 5.41) is 23.7. The zero-order valence-electron chi connectivity index (χ0n) is 31.1. The molecule has 5 aliphatic carbocycles. The summed E-state index contributed by atoms with van der Waals surface area (Å²) in [5.41, 5.74) is -0.458. The van der Waals surface area contributed by atoms with Gasteiger partial charge >= 0.3 is 0 Å². The van der Waals surface area contributed by atoms with Crippen LogP contribution in [0.4, 0.5) is 0 Å². The quantitative estimate of drug-likeness (QED) is 0.327. The van der Waals surface area contributed by atoms with Crippen molar-refractivity contribution in [2.24, 2.45) is 50.7 Å². The van der Waals surface area contributed by atoms with Gasteiger partial charge in [0.15, 0.2) is 6.29 Å². The highest BCUT2D eigenvalue weighted by Crippen LogP contribution is 2.89. The number of aliphatic hydroxyl groups excluding tert-OH is 1. The minimum absolute atomic E-state index is 0.0205. The van der Waals surface area contributed by atoms with Crippen LogP contribution in [0.3, 0.4) is 0 Å². The van der Waals surface area contributed by atoms with E-state index in [4.69, 9.17) is 23.7 Å². The molecule has 8 heteroatoms. The number of rotatable bonds is 9. The van der Waals surface area contributed by atoms with Crippen molar-refractivity contribution < 1.29 is 33.9 Å². The van der Waals surface area contributed by atoms with Crippen LogP contribution in [0.25, 0.3) is 0 Å². The summed E-state index contributed by atoms with van der Waals surface area (Å²) < 4.78 is 31.5. The van der Waals surface area contributed by atoms with E-state index in [0.29, 0.717) is 47.7 Å². The van der Waals surface area contributed by atoms with Crippen molar-refractivity contribution in [3.05, 3.63) is 0 Å². The predicted molar refractivity (Wildman–Crippen MR) is 181 cm³/mol. The van der Waals surface area contributed by atoms with Crippen LogP contribution in [-0.2, 0) is 23.7 Å². The molecule has 270 valence electrons. The van der Waals surface area contributed by atoms with Gasteiger partial charge in [-0.05, 0) is 117 Å². The summed E-state index contributed by atoms with van der Waals surface area (Å²) in [6, 6.07) is 0. The van der Waals surface area contributed by atoms with Crippen LogP contribution in [0.5, 0.6) is 0 Å². The van der Waals surface area contributed by atoms with Gasteiger partial charge in [-0.2, -0.15) is 0 Å². The van der Waals surface area contributed by atoms with Gasteiger partial charge in [0.1, 0.15) is 6.10 Å². The molecule has 0 aromatic heterocycles. The molecule has 7 aliphatic rings. The molecule has 2 N–H and O–H groups in total. The van der Waals surface area contributed by atoms with E-state index in [1.54, 1.807) is 7.11 Å². The van der Waals surface area contributed by atoms with E-state index in [1.807, 2.05) is 20.8 Å². The van der Waals surface area contributed by atoms with Gasteiger partial charge in [-0.15, -0.1) is 0 Å². The molecule has 0 amide bonds. The molecule has 8 nitrogen and oxygen atoms in total. The maximum atomic E-state index is 12.6. The third kappa shape index (κ3) is 4.95. The standard InChI is InChI=1S/C39H67NO7/c1-10-44-33(35(5,6)42)25-21-24(2)30-31(46-25)32(41)37(8)27-12-11-26-34(3,4)28(47-29-22-40(17-19-43-9)18-20-45-29)13-14-38(26)23-39(27,38)16-15-36(30,37)7/h24-33,41-42H,10-23H2,1-9H3/t24-,25-,26+,27+,28+,29+,30+,31+,32+,33+,36-,37-,38-,39+/m1/s1. The van der Waals surface area contributed by atoms with Gasteiger partial charge in [0.2, 0.25) is 0 Å². The fraction of sp³-hybridized carbons (Fsp3) is 1.00. The number of ether oxygens (including phenoxy) is 5. The maximum absolute atomic E-state index is 12.6. The minimum Gasteiger partial charge on any atom is -0.390 e. The SMILES string of the molecule is CCO[C@@H]([C@H]1C[C@@H](C)[C@H]2[C@H](O1)[C@H](O)[C@@]1(C)[C@@H]3CC[C@H]4C(C)(C)[C@@H](O[C@H]5CN(CCOC)CCO5)CC[C@@]45C[C@@]35CC[C@]21C)C(C)(C)O. The molecule has 2 aliphatic heterocycles. The highest BCUT2D eigenvalue weighted by atomic mass is 16.7. The Labute approximate surface area is 284 Å². The molecule has 47 heavy (non-hydrogen) atoms. The van der Waals surface area contributed by atoms with Gasteiger partial charge in [-0.3, -0.25) is 4.90 Å². The Hall–Kier alpha value is -0.320. The number of nitrogens with zero attached hydrogens (tertiary/aromatic N) is 1. The normalized spacial score (nSPS) is 51.3. The van der Waals surface area contributed by atoms with Crippen LogP contribution in [0.1, 0.15) is 107 Å². The van der Waals surface area contributed by atoms with Crippen LogP contribution in [0.2, 0.25) is 0 Å². The lowest BCUT2D eigenvalue weighted by molar-refractivity contribution is -0.249. The van der Waals surface area contributed by atoms with Gasteiger partial charge in [0.05, 0.1) is 43.2 Å². The Balaban J connectivity index is 1.11. The van der Waals surface area contributed by atoms with Gasteiger partial charge < -0.3 is 33.9 Å². The molecular formula is C39H67NO7. The third-order valence-corrected chi connectivity index (χ3v) is 16.2. The molecule has 14 atom stereocenters.